The number of carbonyl (C=O) groups excluding carboxylic acids is 2. The third-order valence-corrected chi connectivity index (χ3v) is 4.27. The van der Waals surface area contributed by atoms with Crippen molar-refractivity contribution in [1.29, 1.82) is 0 Å². The lowest BCUT2D eigenvalue weighted by molar-refractivity contribution is -0.123. The maximum atomic E-state index is 12.2. The van der Waals surface area contributed by atoms with Crippen molar-refractivity contribution in [2.75, 3.05) is 25.1 Å². The molecular weight excluding hydrogens is 380 g/mol. The van der Waals surface area contributed by atoms with Crippen LogP contribution in [0.5, 0.6) is 11.5 Å². The molecule has 2 aromatic rings. The van der Waals surface area contributed by atoms with Crippen molar-refractivity contribution >= 4 is 29.1 Å². The molecule has 0 atom stereocenters. The lowest BCUT2D eigenvalue weighted by Crippen LogP contribution is -2.33. The Kier molecular flexibility index (Phi) is 6.41. The summed E-state index contributed by atoms with van der Waals surface area (Å²) in [6, 6.07) is 10.3. The zero-order chi connectivity index (χ0) is 19.9. The van der Waals surface area contributed by atoms with Gasteiger partial charge in [-0.25, -0.2) is 0 Å². The molecular formula is C21H19ClN2O4. The fourth-order valence-electron chi connectivity index (χ4n) is 2.70. The van der Waals surface area contributed by atoms with E-state index in [-0.39, 0.29) is 24.8 Å². The molecule has 2 amide bonds. The van der Waals surface area contributed by atoms with E-state index < -0.39 is 0 Å². The van der Waals surface area contributed by atoms with Gasteiger partial charge in [-0.1, -0.05) is 23.6 Å². The van der Waals surface area contributed by atoms with Gasteiger partial charge < -0.3 is 20.1 Å². The molecule has 0 unspecified atom stereocenters. The van der Waals surface area contributed by atoms with Gasteiger partial charge in [-0.2, -0.15) is 0 Å². The number of nitrogens with one attached hydrogen (secondary N) is 2. The molecule has 0 aliphatic carbocycles. The van der Waals surface area contributed by atoms with Crippen molar-refractivity contribution in [2.24, 2.45) is 0 Å². The number of hydrogen-bond donors (Lipinski definition) is 2. The van der Waals surface area contributed by atoms with Crippen LogP contribution >= 0.6 is 11.6 Å². The molecule has 28 heavy (non-hydrogen) atoms. The van der Waals surface area contributed by atoms with Crippen LogP contribution in [-0.2, 0) is 16.0 Å². The average Bonchev–Trinajstić information content (AvgIpc) is 2.92. The van der Waals surface area contributed by atoms with E-state index in [0.717, 1.165) is 6.42 Å². The second-order valence-corrected chi connectivity index (χ2v) is 6.59. The van der Waals surface area contributed by atoms with Crippen LogP contribution in [0.25, 0.3) is 0 Å². The molecule has 0 spiro atoms. The van der Waals surface area contributed by atoms with Gasteiger partial charge in [-0.15, -0.1) is 6.42 Å². The number of halogens is 1. The van der Waals surface area contributed by atoms with Gasteiger partial charge in [-0.05, 0) is 35.9 Å². The highest BCUT2D eigenvalue weighted by Crippen LogP contribution is 2.38. The van der Waals surface area contributed by atoms with Crippen LogP contribution in [0.15, 0.2) is 36.4 Å². The smallest absolute Gasteiger partial charge is 0.243 e. The van der Waals surface area contributed by atoms with Gasteiger partial charge in [0.25, 0.3) is 0 Å². The largest absolute Gasteiger partial charge is 0.489 e. The Balaban J connectivity index is 1.54. The fourth-order valence-corrected chi connectivity index (χ4v) is 2.99. The van der Waals surface area contributed by atoms with Gasteiger partial charge in [0, 0.05) is 17.7 Å². The van der Waals surface area contributed by atoms with E-state index in [4.69, 9.17) is 27.5 Å². The van der Waals surface area contributed by atoms with Crippen LogP contribution in [0.2, 0.25) is 5.02 Å². The Morgan fingerprint density at radius 3 is 2.79 bits per heavy atom. The Morgan fingerprint density at radius 2 is 1.96 bits per heavy atom. The molecule has 2 aromatic carbocycles. The SMILES string of the molecule is C#Cc1cccc(NC(=O)CNC(=O)Cc2cc(Cl)c3c(c2)OCCCO3)c1. The van der Waals surface area contributed by atoms with E-state index in [1.54, 1.807) is 36.4 Å². The third kappa shape index (κ3) is 5.18. The number of fused-ring (bicyclic) bond motifs is 1. The van der Waals surface area contributed by atoms with Crippen molar-refractivity contribution in [3.05, 3.63) is 52.5 Å². The van der Waals surface area contributed by atoms with E-state index in [1.807, 2.05) is 0 Å². The molecule has 0 bridgehead atoms. The van der Waals surface area contributed by atoms with E-state index in [2.05, 4.69) is 16.6 Å². The first kappa shape index (κ1) is 19.6. The molecule has 1 heterocycles. The Bertz CT molecular complexity index is 936. The summed E-state index contributed by atoms with van der Waals surface area (Å²) in [5.74, 6) is 2.87. The summed E-state index contributed by atoms with van der Waals surface area (Å²) in [6.45, 7) is 0.906. The molecule has 6 nitrogen and oxygen atoms in total. The van der Waals surface area contributed by atoms with Gasteiger partial charge in [0.05, 0.1) is 31.2 Å². The standard InChI is InChI=1S/C21H19ClN2O4/c1-2-14-5-3-6-16(9-14)24-20(26)13-23-19(25)12-15-10-17(22)21-18(11-15)27-7-4-8-28-21/h1,3,5-6,9-11H,4,7-8,12-13H2,(H,23,25)(H,24,26). The molecule has 1 aliphatic heterocycles. The lowest BCUT2D eigenvalue weighted by Gasteiger charge is -2.12. The molecule has 144 valence electrons. The number of terminal acetylenes is 1. The summed E-state index contributed by atoms with van der Waals surface area (Å²) >= 11 is 6.23. The monoisotopic (exact) mass is 398 g/mol. The summed E-state index contributed by atoms with van der Waals surface area (Å²) in [4.78, 5) is 24.2. The Hall–Kier alpha value is -3.17. The van der Waals surface area contributed by atoms with Crippen LogP contribution < -0.4 is 20.1 Å². The first-order valence-electron chi connectivity index (χ1n) is 8.76. The minimum atomic E-state index is -0.348. The summed E-state index contributed by atoms with van der Waals surface area (Å²) in [6.07, 6.45) is 6.17. The number of anilines is 1. The third-order valence-electron chi connectivity index (χ3n) is 3.99. The maximum absolute atomic E-state index is 12.2. The van der Waals surface area contributed by atoms with Crippen LogP contribution in [0.1, 0.15) is 17.5 Å². The minimum absolute atomic E-state index is 0.0657. The lowest BCUT2D eigenvalue weighted by atomic mass is 10.1. The van der Waals surface area contributed by atoms with Gasteiger partial charge in [0.15, 0.2) is 11.5 Å². The number of carbonyl (C=O) groups is 2. The van der Waals surface area contributed by atoms with E-state index >= 15 is 0 Å². The molecule has 0 aromatic heterocycles. The molecule has 0 radical (unpaired) electrons. The summed E-state index contributed by atoms with van der Waals surface area (Å²) in [7, 11) is 0. The Morgan fingerprint density at radius 1 is 1.14 bits per heavy atom. The average molecular weight is 399 g/mol. The number of rotatable bonds is 5. The zero-order valence-electron chi connectivity index (χ0n) is 15.1. The van der Waals surface area contributed by atoms with Crippen molar-refractivity contribution < 1.29 is 19.1 Å². The van der Waals surface area contributed by atoms with Gasteiger partial charge in [0.1, 0.15) is 0 Å². The molecule has 7 heteroatoms. The van der Waals surface area contributed by atoms with Crippen LogP contribution in [0.4, 0.5) is 5.69 Å². The second-order valence-electron chi connectivity index (χ2n) is 6.18. The van der Waals surface area contributed by atoms with Crippen LogP contribution in [-0.4, -0.2) is 31.6 Å². The summed E-state index contributed by atoms with van der Waals surface area (Å²) < 4.78 is 11.2. The molecule has 0 fully saturated rings. The number of ether oxygens (including phenoxy) is 2. The van der Waals surface area contributed by atoms with Crippen molar-refractivity contribution in [3.8, 4) is 23.8 Å². The van der Waals surface area contributed by atoms with Crippen molar-refractivity contribution in [1.82, 2.24) is 5.32 Å². The molecule has 2 N–H and O–H groups in total. The maximum Gasteiger partial charge on any atom is 0.243 e. The fraction of sp³-hybridized carbons (Fsp3) is 0.238. The normalized spacial score (nSPS) is 12.4. The first-order valence-corrected chi connectivity index (χ1v) is 9.14. The quantitative estimate of drug-likeness (QED) is 0.759. The summed E-state index contributed by atoms with van der Waals surface area (Å²) in [5.41, 5.74) is 1.91. The van der Waals surface area contributed by atoms with E-state index in [1.165, 1.54) is 0 Å². The van der Waals surface area contributed by atoms with E-state index in [9.17, 15) is 9.59 Å². The van der Waals surface area contributed by atoms with Gasteiger partial charge in [-0.3, -0.25) is 9.59 Å². The van der Waals surface area contributed by atoms with Crippen molar-refractivity contribution in [2.45, 2.75) is 12.8 Å². The van der Waals surface area contributed by atoms with E-state index in [0.29, 0.717) is 46.5 Å². The highest BCUT2D eigenvalue weighted by molar-refractivity contribution is 6.32. The number of hydrogen-bond acceptors (Lipinski definition) is 4. The molecule has 1 aliphatic rings. The highest BCUT2D eigenvalue weighted by atomic mass is 35.5. The summed E-state index contributed by atoms with van der Waals surface area (Å²) in [5, 5.41) is 5.67. The molecule has 0 saturated heterocycles. The Labute approximate surface area is 168 Å². The molecule has 3 rings (SSSR count). The van der Waals surface area contributed by atoms with Crippen LogP contribution in [0, 0.1) is 12.3 Å². The van der Waals surface area contributed by atoms with Crippen molar-refractivity contribution in [3.63, 3.8) is 0 Å². The predicted octanol–water partition coefficient (Wildman–Crippen LogP) is 2.78. The number of amides is 2. The van der Waals surface area contributed by atoms with Gasteiger partial charge in [0.2, 0.25) is 11.8 Å². The highest BCUT2D eigenvalue weighted by Gasteiger charge is 2.17. The predicted molar refractivity (Wildman–Crippen MR) is 107 cm³/mol. The zero-order valence-corrected chi connectivity index (χ0v) is 15.8. The van der Waals surface area contributed by atoms with Gasteiger partial charge >= 0.3 is 0 Å². The second kappa shape index (κ2) is 9.16. The first-order chi connectivity index (χ1) is 13.5. The minimum Gasteiger partial charge on any atom is -0.489 e. The number of benzene rings is 2. The topological polar surface area (TPSA) is 76.7 Å². The molecule has 0 saturated carbocycles. The van der Waals surface area contributed by atoms with Crippen LogP contribution in [0.3, 0.4) is 0 Å².